The summed E-state index contributed by atoms with van der Waals surface area (Å²) in [7, 11) is 0. The number of carbonyl (C=O) groups is 2. The van der Waals surface area contributed by atoms with E-state index in [2.05, 4.69) is 5.43 Å². The molecule has 3 rings (SSSR count). The summed E-state index contributed by atoms with van der Waals surface area (Å²) in [6.45, 7) is 0. The van der Waals surface area contributed by atoms with E-state index < -0.39 is 17.6 Å². The molecule has 0 bridgehead atoms. The van der Waals surface area contributed by atoms with E-state index in [1.807, 2.05) is 0 Å². The minimum Gasteiger partial charge on any atom is -0.267 e. The van der Waals surface area contributed by atoms with Crippen LogP contribution in [0, 0.1) is 5.82 Å². The maximum absolute atomic E-state index is 13.3. The number of amides is 2. The summed E-state index contributed by atoms with van der Waals surface area (Å²) in [6.07, 6.45) is 1.52. The highest BCUT2D eigenvalue weighted by atomic mass is 35.5. The molecule has 0 aromatic heterocycles. The standard InChI is InChI=1S/C17H10ClFN2O2S2/c18-12-6-4-11(5-7-12)15(22)20-21-16(23)14(25-17(21)24)9-10-2-1-3-13(19)8-10/h1-9H,(H,20,22)/b14-9-. The van der Waals surface area contributed by atoms with E-state index in [1.54, 1.807) is 24.3 Å². The number of benzene rings is 2. The molecule has 0 saturated carbocycles. The highest BCUT2D eigenvalue weighted by molar-refractivity contribution is 8.26. The normalized spacial score (nSPS) is 15.8. The highest BCUT2D eigenvalue weighted by Crippen LogP contribution is 2.31. The van der Waals surface area contributed by atoms with Gasteiger partial charge in [-0.2, -0.15) is 5.01 Å². The molecule has 126 valence electrons. The average molecular weight is 393 g/mol. The van der Waals surface area contributed by atoms with Crippen LogP contribution in [0.5, 0.6) is 0 Å². The first-order valence-corrected chi connectivity index (χ1v) is 8.64. The second kappa shape index (κ2) is 7.35. The Hall–Kier alpha value is -2.22. The van der Waals surface area contributed by atoms with E-state index in [0.717, 1.165) is 16.8 Å². The molecule has 1 heterocycles. The van der Waals surface area contributed by atoms with Crippen LogP contribution in [0.4, 0.5) is 4.39 Å². The largest absolute Gasteiger partial charge is 0.285 e. The zero-order valence-electron chi connectivity index (χ0n) is 12.5. The Morgan fingerprint density at radius 1 is 1.24 bits per heavy atom. The number of thiocarbonyl (C=S) groups is 1. The van der Waals surface area contributed by atoms with E-state index in [-0.39, 0.29) is 4.32 Å². The van der Waals surface area contributed by atoms with Gasteiger partial charge in [0.15, 0.2) is 4.32 Å². The van der Waals surface area contributed by atoms with E-state index >= 15 is 0 Å². The van der Waals surface area contributed by atoms with Crippen LogP contribution in [0.2, 0.25) is 5.02 Å². The number of halogens is 2. The third-order valence-electron chi connectivity index (χ3n) is 3.26. The van der Waals surface area contributed by atoms with Crippen molar-refractivity contribution in [2.24, 2.45) is 0 Å². The number of rotatable bonds is 3. The van der Waals surface area contributed by atoms with Crippen molar-refractivity contribution in [2.45, 2.75) is 0 Å². The van der Waals surface area contributed by atoms with Gasteiger partial charge >= 0.3 is 0 Å². The second-order valence-electron chi connectivity index (χ2n) is 5.02. The summed E-state index contributed by atoms with van der Waals surface area (Å²) in [5, 5.41) is 1.50. The van der Waals surface area contributed by atoms with Crippen molar-refractivity contribution < 1.29 is 14.0 Å². The van der Waals surface area contributed by atoms with Crippen molar-refractivity contribution in [1.29, 1.82) is 0 Å². The summed E-state index contributed by atoms with van der Waals surface area (Å²) >= 11 is 12.0. The van der Waals surface area contributed by atoms with Crippen molar-refractivity contribution in [3.8, 4) is 0 Å². The number of carbonyl (C=O) groups excluding carboxylic acids is 2. The predicted octanol–water partition coefficient (Wildman–Crippen LogP) is 4.03. The second-order valence-corrected chi connectivity index (χ2v) is 7.13. The number of hydrazine groups is 1. The van der Waals surface area contributed by atoms with Gasteiger partial charge in [0.25, 0.3) is 11.8 Å². The summed E-state index contributed by atoms with van der Waals surface area (Å²) in [6, 6.07) is 12.1. The number of nitrogens with one attached hydrogen (secondary N) is 1. The Balaban J connectivity index is 1.77. The molecule has 2 amide bonds. The van der Waals surface area contributed by atoms with Gasteiger partial charge in [0, 0.05) is 10.6 Å². The van der Waals surface area contributed by atoms with Gasteiger partial charge in [-0.3, -0.25) is 15.0 Å². The topological polar surface area (TPSA) is 49.4 Å². The maximum atomic E-state index is 13.3. The molecule has 0 spiro atoms. The molecule has 1 saturated heterocycles. The lowest BCUT2D eigenvalue weighted by Crippen LogP contribution is -2.44. The van der Waals surface area contributed by atoms with Gasteiger partial charge in [0.1, 0.15) is 5.82 Å². The smallest absolute Gasteiger partial charge is 0.267 e. The molecule has 4 nitrogen and oxygen atoms in total. The lowest BCUT2D eigenvalue weighted by molar-refractivity contribution is -0.123. The lowest BCUT2D eigenvalue weighted by atomic mass is 10.2. The molecular weight excluding hydrogens is 383 g/mol. The minimum absolute atomic E-state index is 0.190. The fourth-order valence-corrected chi connectivity index (χ4v) is 3.38. The average Bonchev–Trinajstić information content (AvgIpc) is 2.83. The van der Waals surface area contributed by atoms with Gasteiger partial charge in [-0.1, -0.05) is 35.5 Å². The van der Waals surface area contributed by atoms with Crippen molar-refractivity contribution in [1.82, 2.24) is 10.4 Å². The number of nitrogens with zero attached hydrogens (tertiary/aromatic N) is 1. The van der Waals surface area contributed by atoms with Gasteiger partial charge in [-0.05, 0) is 60.3 Å². The molecule has 2 aromatic carbocycles. The van der Waals surface area contributed by atoms with E-state index in [9.17, 15) is 14.0 Å². The quantitative estimate of drug-likeness (QED) is 0.633. The maximum Gasteiger partial charge on any atom is 0.285 e. The molecule has 0 aliphatic carbocycles. The predicted molar refractivity (Wildman–Crippen MR) is 100 cm³/mol. The summed E-state index contributed by atoms with van der Waals surface area (Å²) < 4.78 is 13.4. The van der Waals surface area contributed by atoms with Crippen LogP contribution in [0.25, 0.3) is 6.08 Å². The Labute approximate surface area is 157 Å². The molecule has 1 aliphatic heterocycles. The Bertz CT molecular complexity index is 900. The fraction of sp³-hybridized carbons (Fsp3) is 0. The van der Waals surface area contributed by atoms with E-state index in [4.69, 9.17) is 23.8 Å². The molecule has 0 radical (unpaired) electrons. The monoisotopic (exact) mass is 392 g/mol. The molecule has 2 aromatic rings. The van der Waals surface area contributed by atoms with Crippen LogP contribution in [0.1, 0.15) is 15.9 Å². The van der Waals surface area contributed by atoms with Gasteiger partial charge < -0.3 is 0 Å². The summed E-state index contributed by atoms with van der Waals surface area (Å²) in [5.41, 5.74) is 3.34. The van der Waals surface area contributed by atoms with E-state index in [1.165, 1.54) is 30.3 Å². The Kier molecular flexibility index (Phi) is 5.17. The van der Waals surface area contributed by atoms with Gasteiger partial charge in [0.05, 0.1) is 4.91 Å². The summed E-state index contributed by atoms with van der Waals surface area (Å²) in [4.78, 5) is 25.0. The van der Waals surface area contributed by atoms with Crippen molar-refractivity contribution in [3.63, 3.8) is 0 Å². The fourth-order valence-electron chi connectivity index (χ4n) is 2.08. The number of hydrogen-bond donors (Lipinski definition) is 1. The van der Waals surface area contributed by atoms with Gasteiger partial charge in [-0.25, -0.2) is 4.39 Å². The zero-order valence-corrected chi connectivity index (χ0v) is 14.9. The molecular formula is C17H10ClFN2O2S2. The third-order valence-corrected chi connectivity index (χ3v) is 4.81. The molecule has 0 atom stereocenters. The van der Waals surface area contributed by atoms with Crippen LogP contribution in [0.15, 0.2) is 53.4 Å². The van der Waals surface area contributed by atoms with Gasteiger partial charge in [0.2, 0.25) is 0 Å². The lowest BCUT2D eigenvalue weighted by Gasteiger charge is -2.15. The SMILES string of the molecule is O=C(NN1C(=O)/C(=C/c2cccc(F)c2)SC1=S)c1ccc(Cl)cc1. The number of hydrogen-bond acceptors (Lipinski definition) is 4. The van der Waals surface area contributed by atoms with E-state index in [0.29, 0.717) is 21.1 Å². The molecule has 25 heavy (non-hydrogen) atoms. The molecule has 1 aliphatic rings. The van der Waals surface area contributed by atoms with Crippen LogP contribution >= 0.6 is 35.6 Å². The highest BCUT2D eigenvalue weighted by Gasteiger charge is 2.33. The van der Waals surface area contributed by atoms with Gasteiger partial charge in [-0.15, -0.1) is 0 Å². The molecule has 1 fully saturated rings. The minimum atomic E-state index is -0.486. The van der Waals surface area contributed by atoms with Crippen molar-refractivity contribution in [3.05, 3.63) is 75.4 Å². The zero-order chi connectivity index (χ0) is 18.0. The van der Waals surface area contributed by atoms with Crippen molar-refractivity contribution in [2.75, 3.05) is 0 Å². The van der Waals surface area contributed by atoms with Crippen LogP contribution in [-0.4, -0.2) is 21.1 Å². The Morgan fingerprint density at radius 3 is 2.64 bits per heavy atom. The molecule has 0 unspecified atom stereocenters. The summed E-state index contributed by atoms with van der Waals surface area (Å²) in [5.74, 6) is -1.36. The van der Waals surface area contributed by atoms with Crippen LogP contribution < -0.4 is 5.43 Å². The number of thioether (sulfide) groups is 1. The first-order valence-electron chi connectivity index (χ1n) is 7.04. The molecule has 8 heteroatoms. The first-order chi connectivity index (χ1) is 11.9. The first kappa shape index (κ1) is 17.6. The Morgan fingerprint density at radius 2 is 1.96 bits per heavy atom. The third kappa shape index (κ3) is 4.07. The molecule has 1 N–H and O–H groups in total. The van der Waals surface area contributed by atoms with Crippen molar-refractivity contribution >= 4 is 57.8 Å². The van der Waals surface area contributed by atoms with Crippen LogP contribution in [0.3, 0.4) is 0 Å². The van der Waals surface area contributed by atoms with Crippen LogP contribution in [-0.2, 0) is 4.79 Å².